The Morgan fingerprint density at radius 3 is 2.43 bits per heavy atom. The summed E-state index contributed by atoms with van der Waals surface area (Å²) in [5.41, 5.74) is 5.93. The number of thiophene rings is 1. The van der Waals surface area contributed by atoms with Gasteiger partial charge in [-0.2, -0.15) is 0 Å². The van der Waals surface area contributed by atoms with Gasteiger partial charge in [-0.3, -0.25) is 9.69 Å². The van der Waals surface area contributed by atoms with Gasteiger partial charge in [-0.15, -0.1) is 23.7 Å². The first-order valence-electron chi connectivity index (χ1n) is 6.98. The summed E-state index contributed by atoms with van der Waals surface area (Å²) in [6, 6.07) is 3.63. The summed E-state index contributed by atoms with van der Waals surface area (Å²) < 4.78 is 0.830. The first kappa shape index (κ1) is 18.7. The summed E-state index contributed by atoms with van der Waals surface area (Å²) in [5.74, 6) is 0.271. The number of rotatable bonds is 4. The zero-order valence-electron chi connectivity index (χ0n) is 12.4. The van der Waals surface area contributed by atoms with E-state index in [0.717, 1.165) is 37.1 Å². The molecule has 1 aliphatic heterocycles. The molecule has 0 bridgehead atoms. The van der Waals surface area contributed by atoms with E-state index in [1.807, 2.05) is 24.8 Å². The van der Waals surface area contributed by atoms with E-state index in [4.69, 9.17) is 17.3 Å². The third-order valence-corrected chi connectivity index (χ3v) is 4.91. The number of hydrogen-bond acceptors (Lipinski definition) is 4. The summed E-state index contributed by atoms with van der Waals surface area (Å²) in [7, 11) is 0. The molecule has 7 heteroatoms. The predicted octanol–water partition coefficient (Wildman–Crippen LogP) is 2.45. The fraction of sp³-hybridized carbons (Fsp3) is 0.643. The van der Waals surface area contributed by atoms with E-state index in [0.29, 0.717) is 0 Å². The molecule has 0 radical (unpaired) electrons. The van der Waals surface area contributed by atoms with E-state index in [1.54, 1.807) is 11.3 Å². The first-order valence-corrected chi connectivity index (χ1v) is 8.17. The van der Waals surface area contributed by atoms with E-state index in [9.17, 15) is 4.79 Å². The highest BCUT2D eigenvalue weighted by Crippen LogP contribution is 2.23. The third kappa shape index (κ3) is 5.11. The highest BCUT2D eigenvalue weighted by Gasteiger charge is 2.26. The zero-order valence-corrected chi connectivity index (χ0v) is 14.8. The second-order valence-electron chi connectivity index (χ2n) is 5.58. The second kappa shape index (κ2) is 8.34. The van der Waals surface area contributed by atoms with Crippen LogP contribution in [-0.4, -0.2) is 47.9 Å². The van der Waals surface area contributed by atoms with Gasteiger partial charge in [0.05, 0.1) is 10.4 Å². The molecule has 0 unspecified atom stereocenters. The Labute approximate surface area is 141 Å². The van der Waals surface area contributed by atoms with Crippen molar-refractivity contribution in [3.05, 3.63) is 21.3 Å². The molecule has 1 atom stereocenters. The standard InChI is InChI=1S/C14H22ClN3OS.ClH/c1-10(2)13(16)14(19)18-7-5-17(6-8-18)9-11-3-4-12(15)20-11;/h3-4,10,13H,5-9,16H2,1-2H3;1H/t13-;/m0./s1. The van der Waals surface area contributed by atoms with Crippen LogP contribution in [0.25, 0.3) is 0 Å². The van der Waals surface area contributed by atoms with Crippen LogP contribution >= 0.6 is 35.3 Å². The Bertz CT molecular complexity index is 459. The molecule has 0 aromatic carbocycles. The molecule has 0 aliphatic carbocycles. The van der Waals surface area contributed by atoms with E-state index >= 15 is 0 Å². The van der Waals surface area contributed by atoms with Gasteiger partial charge in [0.1, 0.15) is 0 Å². The minimum atomic E-state index is -0.377. The Morgan fingerprint density at radius 2 is 1.95 bits per heavy atom. The van der Waals surface area contributed by atoms with Crippen molar-refractivity contribution >= 4 is 41.3 Å². The lowest BCUT2D eigenvalue weighted by Crippen LogP contribution is -2.54. The topological polar surface area (TPSA) is 49.6 Å². The maximum atomic E-state index is 12.2. The van der Waals surface area contributed by atoms with Crippen molar-refractivity contribution in [1.82, 2.24) is 9.80 Å². The van der Waals surface area contributed by atoms with Crippen molar-refractivity contribution in [2.75, 3.05) is 26.2 Å². The molecule has 2 heterocycles. The van der Waals surface area contributed by atoms with Crippen molar-refractivity contribution in [1.29, 1.82) is 0 Å². The lowest BCUT2D eigenvalue weighted by Gasteiger charge is -2.36. The monoisotopic (exact) mass is 351 g/mol. The molecular weight excluding hydrogens is 329 g/mol. The predicted molar refractivity (Wildman–Crippen MR) is 91.2 cm³/mol. The first-order chi connectivity index (χ1) is 9.47. The fourth-order valence-corrected chi connectivity index (χ4v) is 3.41. The SMILES string of the molecule is CC(C)[C@H](N)C(=O)N1CCN(Cc2ccc(Cl)s2)CC1.Cl. The van der Waals surface area contributed by atoms with E-state index < -0.39 is 0 Å². The van der Waals surface area contributed by atoms with Gasteiger partial charge >= 0.3 is 0 Å². The molecule has 1 aromatic heterocycles. The fourth-order valence-electron chi connectivity index (χ4n) is 2.28. The van der Waals surface area contributed by atoms with Crippen LogP contribution in [0.15, 0.2) is 12.1 Å². The maximum absolute atomic E-state index is 12.2. The maximum Gasteiger partial charge on any atom is 0.239 e. The van der Waals surface area contributed by atoms with Gasteiger partial charge < -0.3 is 10.6 Å². The van der Waals surface area contributed by atoms with E-state index in [1.165, 1.54) is 4.88 Å². The van der Waals surface area contributed by atoms with Crippen LogP contribution in [0.3, 0.4) is 0 Å². The van der Waals surface area contributed by atoms with Gasteiger partial charge in [-0.05, 0) is 18.1 Å². The molecule has 1 aliphatic rings. The Balaban J connectivity index is 0.00000220. The van der Waals surface area contributed by atoms with Crippen LogP contribution < -0.4 is 5.73 Å². The van der Waals surface area contributed by atoms with Crippen LogP contribution in [-0.2, 0) is 11.3 Å². The van der Waals surface area contributed by atoms with Crippen molar-refractivity contribution in [3.63, 3.8) is 0 Å². The van der Waals surface area contributed by atoms with Crippen LogP contribution in [0.2, 0.25) is 4.34 Å². The summed E-state index contributed by atoms with van der Waals surface area (Å²) in [6.45, 7) is 8.20. The average molecular weight is 352 g/mol. The van der Waals surface area contributed by atoms with Gasteiger partial charge in [0, 0.05) is 37.6 Å². The van der Waals surface area contributed by atoms with Gasteiger partial charge in [0.25, 0.3) is 0 Å². The molecule has 1 aromatic rings. The van der Waals surface area contributed by atoms with Crippen LogP contribution in [0, 0.1) is 5.92 Å². The van der Waals surface area contributed by atoms with Gasteiger partial charge in [-0.1, -0.05) is 25.4 Å². The zero-order chi connectivity index (χ0) is 14.7. The van der Waals surface area contributed by atoms with E-state index in [-0.39, 0.29) is 30.3 Å². The number of nitrogens with zero attached hydrogens (tertiary/aromatic N) is 2. The summed E-state index contributed by atoms with van der Waals surface area (Å²) in [5, 5.41) is 0. The molecule has 4 nitrogen and oxygen atoms in total. The molecular formula is C14H23Cl2N3OS. The molecule has 2 N–H and O–H groups in total. The second-order valence-corrected chi connectivity index (χ2v) is 7.38. The molecule has 0 saturated carbocycles. The molecule has 1 saturated heterocycles. The quantitative estimate of drug-likeness (QED) is 0.906. The smallest absolute Gasteiger partial charge is 0.239 e. The Kier molecular flexibility index (Phi) is 7.44. The number of amides is 1. The largest absolute Gasteiger partial charge is 0.339 e. The van der Waals surface area contributed by atoms with Crippen LogP contribution in [0.5, 0.6) is 0 Å². The molecule has 0 spiro atoms. The molecule has 1 fully saturated rings. The van der Waals surface area contributed by atoms with Crippen LogP contribution in [0.1, 0.15) is 18.7 Å². The third-order valence-electron chi connectivity index (χ3n) is 3.70. The van der Waals surface area contributed by atoms with Crippen molar-refractivity contribution in [2.45, 2.75) is 26.4 Å². The van der Waals surface area contributed by atoms with Gasteiger partial charge in [0.2, 0.25) is 5.91 Å². The number of carbonyl (C=O) groups excluding carboxylic acids is 1. The molecule has 120 valence electrons. The normalized spacial score (nSPS) is 17.7. The number of hydrogen-bond donors (Lipinski definition) is 1. The number of halogens is 2. The van der Waals surface area contributed by atoms with Crippen molar-refractivity contribution in [3.8, 4) is 0 Å². The van der Waals surface area contributed by atoms with Gasteiger partial charge in [0.15, 0.2) is 0 Å². The Morgan fingerprint density at radius 1 is 1.33 bits per heavy atom. The molecule has 21 heavy (non-hydrogen) atoms. The lowest BCUT2D eigenvalue weighted by atomic mass is 10.0. The molecule has 1 amide bonds. The average Bonchev–Trinajstić information content (AvgIpc) is 2.83. The van der Waals surface area contributed by atoms with Crippen molar-refractivity contribution in [2.24, 2.45) is 11.7 Å². The van der Waals surface area contributed by atoms with Crippen molar-refractivity contribution < 1.29 is 4.79 Å². The highest BCUT2D eigenvalue weighted by atomic mass is 35.5. The number of piperazine rings is 1. The highest BCUT2D eigenvalue weighted by molar-refractivity contribution is 7.16. The summed E-state index contributed by atoms with van der Waals surface area (Å²) in [4.78, 5) is 17.7. The van der Waals surface area contributed by atoms with Gasteiger partial charge in [-0.25, -0.2) is 0 Å². The minimum absolute atomic E-state index is 0. The summed E-state index contributed by atoms with van der Waals surface area (Å²) >= 11 is 7.56. The van der Waals surface area contributed by atoms with Crippen LogP contribution in [0.4, 0.5) is 0 Å². The van der Waals surface area contributed by atoms with E-state index in [2.05, 4.69) is 11.0 Å². The minimum Gasteiger partial charge on any atom is -0.339 e. The molecule has 2 rings (SSSR count). The number of nitrogens with two attached hydrogens (primary N) is 1. The number of carbonyl (C=O) groups is 1. The lowest BCUT2D eigenvalue weighted by molar-refractivity contribution is -0.135. The summed E-state index contributed by atoms with van der Waals surface area (Å²) in [6.07, 6.45) is 0. The Hall–Kier alpha value is -0.330.